The highest BCUT2D eigenvalue weighted by Crippen LogP contribution is 2.16. The molecule has 0 aliphatic heterocycles. The molecule has 6 nitrogen and oxygen atoms in total. The molecule has 2 N–H and O–H groups in total. The van der Waals surface area contributed by atoms with Crippen molar-refractivity contribution in [2.45, 2.75) is 33.0 Å². The van der Waals surface area contributed by atoms with Gasteiger partial charge in [0.1, 0.15) is 18.1 Å². The topological polar surface area (TPSA) is 76.1 Å². The number of hydrogen-bond acceptors (Lipinski definition) is 5. The summed E-state index contributed by atoms with van der Waals surface area (Å²) in [5.41, 5.74) is 2.98. The fourth-order valence-corrected chi connectivity index (χ4v) is 2.58. The first-order valence-corrected chi connectivity index (χ1v) is 7.40. The summed E-state index contributed by atoms with van der Waals surface area (Å²) in [6.45, 7) is 5.55. The Hall–Kier alpha value is -2.18. The zero-order valence-electron chi connectivity index (χ0n) is 12.8. The van der Waals surface area contributed by atoms with E-state index < -0.39 is 0 Å². The second-order valence-electron chi connectivity index (χ2n) is 5.35. The van der Waals surface area contributed by atoms with E-state index in [9.17, 15) is 0 Å². The van der Waals surface area contributed by atoms with E-state index in [0.29, 0.717) is 5.76 Å². The molecule has 0 aliphatic rings. The SMILES string of the molecule is Cc1nc2ccccc2n1CCNC(C)c1cc(CO)on1. The molecule has 0 bridgehead atoms. The third-order valence-corrected chi connectivity index (χ3v) is 3.81. The molecule has 2 aromatic heterocycles. The molecule has 0 radical (unpaired) electrons. The molecule has 0 aliphatic carbocycles. The van der Waals surface area contributed by atoms with Gasteiger partial charge >= 0.3 is 0 Å². The Labute approximate surface area is 128 Å². The van der Waals surface area contributed by atoms with E-state index in [1.165, 1.54) is 0 Å². The fraction of sp³-hybridized carbons (Fsp3) is 0.375. The van der Waals surface area contributed by atoms with Crippen molar-refractivity contribution in [3.63, 3.8) is 0 Å². The van der Waals surface area contributed by atoms with Gasteiger partial charge in [-0.25, -0.2) is 4.98 Å². The maximum absolute atomic E-state index is 9.00. The Morgan fingerprint density at radius 2 is 2.18 bits per heavy atom. The standard InChI is InChI=1S/C16H20N4O2/c1-11(15-9-13(10-21)22-19-15)17-7-8-20-12(2)18-14-5-3-4-6-16(14)20/h3-6,9,11,17,21H,7-8,10H2,1-2H3. The van der Waals surface area contributed by atoms with Crippen LogP contribution in [0.15, 0.2) is 34.9 Å². The summed E-state index contributed by atoms with van der Waals surface area (Å²) >= 11 is 0. The predicted molar refractivity (Wildman–Crippen MR) is 83.3 cm³/mol. The molecule has 2 heterocycles. The lowest BCUT2D eigenvalue weighted by molar-refractivity contribution is 0.228. The third kappa shape index (κ3) is 2.88. The quantitative estimate of drug-likeness (QED) is 0.729. The van der Waals surface area contributed by atoms with Crippen molar-refractivity contribution < 1.29 is 9.63 Å². The predicted octanol–water partition coefficient (Wildman–Crippen LogP) is 2.18. The molecule has 0 amide bonds. The lowest BCUT2D eigenvalue weighted by atomic mass is 10.2. The van der Waals surface area contributed by atoms with Gasteiger partial charge in [0, 0.05) is 19.2 Å². The third-order valence-electron chi connectivity index (χ3n) is 3.81. The summed E-state index contributed by atoms with van der Waals surface area (Å²) in [6.07, 6.45) is 0. The summed E-state index contributed by atoms with van der Waals surface area (Å²) in [5.74, 6) is 1.50. The average molecular weight is 300 g/mol. The van der Waals surface area contributed by atoms with Crippen molar-refractivity contribution in [3.05, 3.63) is 47.6 Å². The van der Waals surface area contributed by atoms with Gasteiger partial charge in [0.15, 0.2) is 5.76 Å². The van der Waals surface area contributed by atoms with E-state index in [2.05, 4.69) is 26.1 Å². The van der Waals surface area contributed by atoms with Crippen molar-refractivity contribution in [1.29, 1.82) is 0 Å². The molecular weight excluding hydrogens is 280 g/mol. The van der Waals surface area contributed by atoms with E-state index in [0.717, 1.165) is 35.6 Å². The highest BCUT2D eigenvalue weighted by Gasteiger charge is 2.11. The molecule has 1 unspecified atom stereocenters. The summed E-state index contributed by atoms with van der Waals surface area (Å²) < 4.78 is 7.21. The normalized spacial score (nSPS) is 12.9. The van der Waals surface area contributed by atoms with Crippen LogP contribution in [-0.4, -0.2) is 26.4 Å². The van der Waals surface area contributed by atoms with E-state index >= 15 is 0 Å². The number of benzene rings is 1. The van der Waals surface area contributed by atoms with Crippen LogP contribution in [0.2, 0.25) is 0 Å². The molecule has 1 atom stereocenters. The van der Waals surface area contributed by atoms with Crippen LogP contribution in [0.5, 0.6) is 0 Å². The van der Waals surface area contributed by atoms with Crippen molar-refractivity contribution in [1.82, 2.24) is 20.0 Å². The summed E-state index contributed by atoms with van der Waals surface area (Å²) in [6, 6.07) is 9.99. The van der Waals surface area contributed by atoms with Gasteiger partial charge in [0.25, 0.3) is 0 Å². The smallest absolute Gasteiger partial charge is 0.162 e. The number of imidazole rings is 1. The highest BCUT2D eigenvalue weighted by atomic mass is 16.5. The zero-order valence-corrected chi connectivity index (χ0v) is 12.8. The molecule has 22 heavy (non-hydrogen) atoms. The number of fused-ring (bicyclic) bond motifs is 1. The second-order valence-corrected chi connectivity index (χ2v) is 5.35. The molecule has 3 aromatic rings. The van der Waals surface area contributed by atoms with Crippen molar-refractivity contribution in [2.75, 3.05) is 6.54 Å². The van der Waals surface area contributed by atoms with E-state index in [1.54, 1.807) is 6.07 Å². The number of hydrogen-bond donors (Lipinski definition) is 2. The molecular formula is C16H20N4O2. The Bertz CT molecular complexity index is 762. The maximum Gasteiger partial charge on any atom is 0.162 e. The molecule has 0 saturated heterocycles. The van der Waals surface area contributed by atoms with Gasteiger partial charge < -0.3 is 19.5 Å². The van der Waals surface area contributed by atoms with E-state index in [-0.39, 0.29) is 12.6 Å². The second kappa shape index (κ2) is 6.29. The number of aliphatic hydroxyl groups is 1. The average Bonchev–Trinajstić information content (AvgIpc) is 3.12. The maximum atomic E-state index is 9.00. The molecule has 0 saturated carbocycles. The number of aliphatic hydroxyl groups excluding tert-OH is 1. The fourth-order valence-electron chi connectivity index (χ4n) is 2.58. The number of aryl methyl sites for hydroxylation is 1. The minimum absolute atomic E-state index is 0.0686. The summed E-state index contributed by atoms with van der Waals surface area (Å²) in [5, 5.41) is 16.4. The van der Waals surface area contributed by atoms with Crippen LogP contribution in [0.1, 0.15) is 30.2 Å². The van der Waals surface area contributed by atoms with Crippen LogP contribution in [0.25, 0.3) is 11.0 Å². The number of rotatable bonds is 6. The van der Waals surface area contributed by atoms with Crippen molar-refractivity contribution in [3.8, 4) is 0 Å². The van der Waals surface area contributed by atoms with Crippen LogP contribution in [0.4, 0.5) is 0 Å². The van der Waals surface area contributed by atoms with E-state index in [1.807, 2.05) is 32.0 Å². The Morgan fingerprint density at radius 1 is 1.36 bits per heavy atom. The van der Waals surface area contributed by atoms with Gasteiger partial charge in [-0.15, -0.1) is 0 Å². The van der Waals surface area contributed by atoms with Crippen LogP contribution in [0, 0.1) is 6.92 Å². The molecule has 0 fully saturated rings. The number of para-hydroxylation sites is 2. The number of nitrogens with zero attached hydrogens (tertiary/aromatic N) is 3. The monoisotopic (exact) mass is 300 g/mol. The van der Waals surface area contributed by atoms with Gasteiger partial charge in [-0.3, -0.25) is 0 Å². The highest BCUT2D eigenvalue weighted by molar-refractivity contribution is 5.75. The van der Waals surface area contributed by atoms with Gasteiger partial charge in [-0.1, -0.05) is 17.3 Å². The van der Waals surface area contributed by atoms with Gasteiger partial charge in [0.2, 0.25) is 0 Å². The zero-order chi connectivity index (χ0) is 15.5. The summed E-state index contributed by atoms with van der Waals surface area (Å²) in [7, 11) is 0. The van der Waals surface area contributed by atoms with Crippen LogP contribution in [-0.2, 0) is 13.2 Å². The minimum Gasteiger partial charge on any atom is -0.388 e. The van der Waals surface area contributed by atoms with Crippen LogP contribution in [0.3, 0.4) is 0 Å². The van der Waals surface area contributed by atoms with Gasteiger partial charge in [-0.05, 0) is 26.0 Å². The number of nitrogens with one attached hydrogen (secondary N) is 1. The minimum atomic E-state index is -0.125. The van der Waals surface area contributed by atoms with Crippen LogP contribution < -0.4 is 5.32 Å². The summed E-state index contributed by atoms with van der Waals surface area (Å²) in [4.78, 5) is 4.56. The first kappa shape index (κ1) is 14.7. The largest absolute Gasteiger partial charge is 0.388 e. The first-order valence-electron chi connectivity index (χ1n) is 7.40. The molecule has 1 aromatic carbocycles. The van der Waals surface area contributed by atoms with Crippen LogP contribution >= 0.6 is 0 Å². The molecule has 0 spiro atoms. The Morgan fingerprint density at radius 3 is 2.95 bits per heavy atom. The molecule has 116 valence electrons. The Kier molecular flexibility index (Phi) is 4.22. The van der Waals surface area contributed by atoms with Gasteiger partial charge in [0.05, 0.1) is 17.1 Å². The van der Waals surface area contributed by atoms with Crippen molar-refractivity contribution >= 4 is 11.0 Å². The molecule has 6 heteroatoms. The number of aromatic nitrogens is 3. The van der Waals surface area contributed by atoms with E-state index in [4.69, 9.17) is 9.63 Å². The Balaban J connectivity index is 1.63. The van der Waals surface area contributed by atoms with Gasteiger partial charge in [-0.2, -0.15) is 0 Å². The molecule has 3 rings (SSSR count). The lowest BCUT2D eigenvalue weighted by Crippen LogP contribution is -2.24. The van der Waals surface area contributed by atoms with Crippen molar-refractivity contribution in [2.24, 2.45) is 0 Å². The lowest BCUT2D eigenvalue weighted by Gasteiger charge is -2.12. The first-order chi connectivity index (χ1) is 10.7.